The molecule has 0 spiro atoms. The van der Waals surface area contributed by atoms with E-state index in [2.05, 4.69) is 0 Å². The summed E-state index contributed by atoms with van der Waals surface area (Å²) in [6.07, 6.45) is 0. The minimum atomic E-state index is -1.32. The molecule has 0 aliphatic heterocycles. The molecule has 8 nitrogen and oxygen atoms in total. The van der Waals surface area contributed by atoms with E-state index in [-0.39, 0.29) is 11.4 Å². The van der Waals surface area contributed by atoms with Gasteiger partial charge in [0, 0.05) is 0 Å². The largest absolute Gasteiger partial charge is 0.478 e. The van der Waals surface area contributed by atoms with Gasteiger partial charge in [0.2, 0.25) is 0 Å². The number of hydrogen-bond acceptors (Lipinski definition) is 3. The van der Waals surface area contributed by atoms with Crippen LogP contribution < -0.4 is 22.1 Å². The maximum Gasteiger partial charge on any atom is 0.334 e. The van der Waals surface area contributed by atoms with Crippen molar-refractivity contribution in [3.63, 3.8) is 0 Å². The SMILES string of the molecule is CC(C(=O)O)=C(NC(N)=O)NC(N)=O. The molecule has 8 heteroatoms. The van der Waals surface area contributed by atoms with E-state index in [9.17, 15) is 14.4 Å². The number of amides is 4. The predicted molar refractivity (Wildman–Crippen MR) is 45.8 cm³/mol. The predicted octanol–water partition coefficient (Wildman–Crippen LogP) is -1.36. The van der Waals surface area contributed by atoms with Gasteiger partial charge < -0.3 is 16.6 Å². The van der Waals surface area contributed by atoms with E-state index in [1.54, 1.807) is 0 Å². The van der Waals surface area contributed by atoms with E-state index >= 15 is 0 Å². The van der Waals surface area contributed by atoms with Gasteiger partial charge in [-0.3, -0.25) is 10.6 Å². The Hall–Kier alpha value is -2.25. The molecule has 0 atom stereocenters. The van der Waals surface area contributed by atoms with Crippen LogP contribution in [-0.4, -0.2) is 23.1 Å². The number of nitrogens with one attached hydrogen (secondary N) is 2. The second-order valence-corrected chi connectivity index (χ2v) is 2.28. The molecule has 0 aromatic carbocycles. The summed E-state index contributed by atoms with van der Waals surface area (Å²) in [6.45, 7) is 1.17. The Kier molecular flexibility index (Phi) is 3.94. The molecule has 0 aliphatic rings. The molecular formula is C6H10N4O4. The van der Waals surface area contributed by atoms with Gasteiger partial charge in [-0.05, 0) is 6.92 Å². The molecule has 0 unspecified atom stereocenters. The highest BCUT2D eigenvalue weighted by Crippen LogP contribution is 1.97. The van der Waals surface area contributed by atoms with Gasteiger partial charge in [0.25, 0.3) is 0 Å². The van der Waals surface area contributed by atoms with Crippen molar-refractivity contribution in [2.45, 2.75) is 6.92 Å². The second-order valence-electron chi connectivity index (χ2n) is 2.28. The van der Waals surface area contributed by atoms with Crippen molar-refractivity contribution in [3.8, 4) is 0 Å². The maximum atomic E-state index is 10.5. The first kappa shape index (κ1) is 11.8. The maximum absolute atomic E-state index is 10.5. The average molecular weight is 202 g/mol. The van der Waals surface area contributed by atoms with E-state index in [0.717, 1.165) is 0 Å². The lowest BCUT2D eigenvalue weighted by Crippen LogP contribution is -2.41. The Bertz CT molecular complexity index is 291. The van der Waals surface area contributed by atoms with Crippen LogP contribution in [0.4, 0.5) is 9.59 Å². The summed E-state index contributed by atoms with van der Waals surface area (Å²) in [4.78, 5) is 31.3. The number of hydrogen-bond donors (Lipinski definition) is 5. The molecule has 0 bridgehead atoms. The highest BCUT2D eigenvalue weighted by Gasteiger charge is 2.12. The molecule has 0 saturated carbocycles. The quantitative estimate of drug-likeness (QED) is 0.359. The summed E-state index contributed by atoms with van der Waals surface area (Å²) in [7, 11) is 0. The second kappa shape index (κ2) is 4.70. The zero-order valence-electron chi connectivity index (χ0n) is 7.33. The van der Waals surface area contributed by atoms with Crippen LogP contribution >= 0.6 is 0 Å². The van der Waals surface area contributed by atoms with Crippen molar-refractivity contribution in [2.75, 3.05) is 0 Å². The van der Waals surface area contributed by atoms with Gasteiger partial charge in [0.1, 0.15) is 5.82 Å². The van der Waals surface area contributed by atoms with Crippen molar-refractivity contribution in [1.29, 1.82) is 0 Å². The molecule has 0 fully saturated rings. The van der Waals surface area contributed by atoms with Crippen LogP contribution in [0.3, 0.4) is 0 Å². The normalized spacial score (nSPS) is 8.64. The monoisotopic (exact) mass is 202 g/mol. The van der Waals surface area contributed by atoms with Crippen LogP contribution in [0.5, 0.6) is 0 Å². The zero-order valence-corrected chi connectivity index (χ0v) is 7.33. The Labute approximate surface area is 78.9 Å². The Morgan fingerprint density at radius 1 is 1.07 bits per heavy atom. The van der Waals surface area contributed by atoms with Crippen LogP contribution in [0, 0.1) is 0 Å². The summed E-state index contributed by atoms with van der Waals surface area (Å²) < 4.78 is 0. The van der Waals surface area contributed by atoms with Crippen LogP contribution in [0.15, 0.2) is 11.4 Å². The molecule has 0 aromatic rings. The van der Waals surface area contributed by atoms with Gasteiger partial charge in [-0.2, -0.15) is 0 Å². The van der Waals surface area contributed by atoms with Crippen LogP contribution in [0.25, 0.3) is 0 Å². The van der Waals surface area contributed by atoms with Crippen molar-refractivity contribution < 1.29 is 19.5 Å². The zero-order chi connectivity index (χ0) is 11.3. The minimum Gasteiger partial charge on any atom is -0.478 e. The first-order valence-electron chi connectivity index (χ1n) is 3.41. The fourth-order valence-corrected chi connectivity index (χ4v) is 0.572. The van der Waals surface area contributed by atoms with Crippen LogP contribution in [0.2, 0.25) is 0 Å². The third-order valence-corrected chi connectivity index (χ3v) is 1.19. The lowest BCUT2D eigenvalue weighted by atomic mass is 10.3. The van der Waals surface area contributed by atoms with Gasteiger partial charge in [-0.1, -0.05) is 0 Å². The third kappa shape index (κ3) is 3.95. The Morgan fingerprint density at radius 3 is 1.64 bits per heavy atom. The summed E-state index contributed by atoms with van der Waals surface area (Å²) >= 11 is 0. The summed E-state index contributed by atoms with van der Waals surface area (Å²) in [6, 6.07) is -2.01. The molecule has 7 N–H and O–H groups in total. The smallest absolute Gasteiger partial charge is 0.334 e. The van der Waals surface area contributed by atoms with Gasteiger partial charge in [-0.15, -0.1) is 0 Å². The highest BCUT2D eigenvalue weighted by atomic mass is 16.4. The van der Waals surface area contributed by atoms with Crippen molar-refractivity contribution in [3.05, 3.63) is 11.4 Å². The molecule has 0 aromatic heterocycles. The van der Waals surface area contributed by atoms with E-state index in [0.29, 0.717) is 0 Å². The number of urea groups is 2. The molecule has 78 valence electrons. The number of carbonyl (C=O) groups excluding carboxylic acids is 2. The molecule has 0 radical (unpaired) electrons. The van der Waals surface area contributed by atoms with Gasteiger partial charge in [-0.25, -0.2) is 14.4 Å². The molecular weight excluding hydrogens is 192 g/mol. The molecule has 0 heterocycles. The molecule has 4 amide bonds. The lowest BCUT2D eigenvalue weighted by Gasteiger charge is -2.09. The van der Waals surface area contributed by atoms with Crippen molar-refractivity contribution in [2.24, 2.45) is 11.5 Å². The number of primary amides is 2. The fraction of sp³-hybridized carbons (Fsp3) is 0.167. The summed E-state index contributed by atoms with van der Waals surface area (Å²) in [5.74, 6) is -1.67. The van der Waals surface area contributed by atoms with Crippen LogP contribution in [0.1, 0.15) is 6.92 Å². The summed E-state index contributed by atoms with van der Waals surface area (Å²) in [5.41, 5.74) is 9.19. The average Bonchev–Trinajstić information content (AvgIpc) is 1.99. The first-order chi connectivity index (χ1) is 6.34. The number of carboxylic acid groups (broad SMARTS) is 1. The van der Waals surface area contributed by atoms with Gasteiger partial charge >= 0.3 is 18.0 Å². The highest BCUT2D eigenvalue weighted by molar-refractivity contribution is 5.89. The minimum absolute atomic E-state index is 0.289. The number of carbonyl (C=O) groups is 3. The van der Waals surface area contributed by atoms with Crippen molar-refractivity contribution in [1.82, 2.24) is 10.6 Å². The topological polar surface area (TPSA) is 148 Å². The van der Waals surface area contributed by atoms with E-state index in [4.69, 9.17) is 16.6 Å². The van der Waals surface area contributed by atoms with Gasteiger partial charge in [0.05, 0.1) is 5.57 Å². The number of rotatable bonds is 3. The Balaban J connectivity index is 4.87. The fourth-order valence-electron chi connectivity index (χ4n) is 0.572. The number of nitrogens with two attached hydrogens (primary N) is 2. The molecule has 14 heavy (non-hydrogen) atoms. The van der Waals surface area contributed by atoms with Crippen LogP contribution in [-0.2, 0) is 4.79 Å². The number of aliphatic carboxylic acids is 1. The van der Waals surface area contributed by atoms with Crippen molar-refractivity contribution >= 4 is 18.0 Å². The summed E-state index contributed by atoms with van der Waals surface area (Å²) in [5, 5.41) is 12.4. The number of carboxylic acids is 1. The van der Waals surface area contributed by atoms with E-state index < -0.39 is 18.0 Å². The molecule has 0 saturated heterocycles. The standard InChI is InChI=1S/C6H10N4O4/c1-2(4(11)12)3(9-5(7)13)10-6(8)14/h1H3,(H,11,12)(H3,7,9,13)(H3,8,10,14). The molecule has 0 rings (SSSR count). The van der Waals surface area contributed by atoms with E-state index in [1.807, 2.05) is 10.6 Å². The first-order valence-corrected chi connectivity index (χ1v) is 3.41. The van der Waals surface area contributed by atoms with Gasteiger partial charge in [0.15, 0.2) is 0 Å². The molecule has 0 aliphatic carbocycles. The third-order valence-electron chi connectivity index (χ3n) is 1.19. The van der Waals surface area contributed by atoms with E-state index in [1.165, 1.54) is 6.92 Å². The lowest BCUT2D eigenvalue weighted by molar-refractivity contribution is -0.132. The Morgan fingerprint density at radius 2 is 1.43 bits per heavy atom.